The van der Waals surface area contributed by atoms with Crippen LogP contribution in [0.25, 0.3) is 0 Å². The van der Waals surface area contributed by atoms with E-state index in [9.17, 15) is 9.90 Å². The number of morpholine rings is 1. The smallest absolute Gasteiger partial charge is 0.313 e. The van der Waals surface area contributed by atoms with Gasteiger partial charge in [-0.2, -0.15) is 0 Å². The molecule has 22 heavy (non-hydrogen) atoms. The lowest BCUT2D eigenvalue weighted by atomic mass is 9.92. The molecule has 1 saturated heterocycles. The van der Waals surface area contributed by atoms with Crippen molar-refractivity contribution in [3.63, 3.8) is 0 Å². The van der Waals surface area contributed by atoms with Gasteiger partial charge in [0.2, 0.25) is 5.75 Å². The zero-order valence-corrected chi connectivity index (χ0v) is 12.9. The molecule has 0 radical (unpaired) electrons. The number of rotatable bonds is 6. The number of hydrogen-bond donors (Lipinski definition) is 2. The molecule has 1 aromatic rings. The monoisotopic (exact) mass is 311 g/mol. The van der Waals surface area contributed by atoms with Gasteiger partial charge in [-0.05, 0) is 17.7 Å². The van der Waals surface area contributed by atoms with Gasteiger partial charge in [-0.25, -0.2) is 0 Å². The number of methoxy groups -OCH3 is 3. The standard InChI is InChI=1S/C15H21NO6/c1-19-10-6-9(7-11(20-2)14(10)21-3)13(15(17)18)12-8-16-4-5-22-12/h6-7,12-13,16H,4-5,8H2,1-3H3,(H,17,18). The van der Waals surface area contributed by atoms with Crippen molar-refractivity contribution in [2.45, 2.75) is 12.0 Å². The van der Waals surface area contributed by atoms with Gasteiger partial charge in [-0.1, -0.05) is 0 Å². The van der Waals surface area contributed by atoms with Crippen molar-refractivity contribution in [1.29, 1.82) is 0 Å². The van der Waals surface area contributed by atoms with Gasteiger partial charge < -0.3 is 29.4 Å². The number of hydrogen-bond acceptors (Lipinski definition) is 6. The van der Waals surface area contributed by atoms with Crippen molar-refractivity contribution in [2.75, 3.05) is 41.0 Å². The Hall–Kier alpha value is -1.99. The van der Waals surface area contributed by atoms with Crippen molar-refractivity contribution in [3.05, 3.63) is 17.7 Å². The van der Waals surface area contributed by atoms with Crippen LogP contribution in [0.2, 0.25) is 0 Å². The summed E-state index contributed by atoms with van der Waals surface area (Å²) in [7, 11) is 4.49. The Morgan fingerprint density at radius 3 is 2.32 bits per heavy atom. The fourth-order valence-electron chi connectivity index (χ4n) is 2.60. The van der Waals surface area contributed by atoms with Gasteiger partial charge in [-0.3, -0.25) is 4.79 Å². The number of carboxylic acids is 1. The fraction of sp³-hybridized carbons (Fsp3) is 0.533. The summed E-state index contributed by atoms with van der Waals surface area (Å²) in [6, 6.07) is 3.30. The molecule has 0 spiro atoms. The second kappa shape index (κ2) is 7.33. The van der Waals surface area contributed by atoms with Crippen molar-refractivity contribution in [1.82, 2.24) is 5.32 Å². The minimum Gasteiger partial charge on any atom is -0.493 e. The predicted octanol–water partition coefficient (Wildman–Crippen LogP) is 0.869. The molecule has 1 heterocycles. The topological polar surface area (TPSA) is 86.3 Å². The van der Waals surface area contributed by atoms with Crippen LogP contribution in [0.1, 0.15) is 11.5 Å². The lowest BCUT2D eigenvalue weighted by Gasteiger charge is -2.29. The van der Waals surface area contributed by atoms with E-state index in [4.69, 9.17) is 18.9 Å². The van der Waals surface area contributed by atoms with Crippen LogP contribution in [-0.4, -0.2) is 58.2 Å². The number of aliphatic carboxylic acids is 1. The Balaban J connectivity index is 2.44. The van der Waals surface area contributed by atoms with Crippen molar-refractivity contribution in [2.24, 2.45) is 0 Å². The summed E-state index contributed by atoms with van der Waals surface area (Å²) < 4.78 is 21.4. The molecule has 0 amide bonds. The van der Waals surface area contributed by atoms with Gasteiger partial charge in [0.15, 0.2) is 11.5 Å². The summed E-state index contributed by atoms with van der Waals surface area (Å²) in [6.45, 7) is 1.69. The second-order valence-electron chi connectivity index (χ2n) is 4.89. The molecule has 1 fully saturated rings. The number of nitrogens with one attached hydrogen (secondary N) is 1. The molecule has 7 heteroatoms. The van der Waals surface area contributed by atoms with E-state index in [0.29, 0.717) is 36.0 Å². The van der Waals surface area contributed by atoms with Gasteiger partial charge in [0.1, 0.15) is 5.92 Å². The summed E-state index contributed by atoms with van der Waals surface area (Å²) >= 11 is 0. The first-order chi connectivity index (χ1) is 10.6. The highest BCUT2D eigenvalue weighted by Gasteiger charge is 2.33. The van der Waals surface area contributed by atoms with E-state index in [-0.39, 0.29) is 0 Å². The largest absolute Gasteiger partial charge is 0.493 e. The Morgan fingerprint density at radius 2 is 1.91 bits per heavy atom. The third kappa shape index (κ3) is 3.26. The number of ether oxygens (including phenoxy) is 4. The van der Waals surface area contributed by atoms with Gasteiger partial charge in [0, 0.05) is 13.1 Å². The van der Waals surface area contributed by atoms with Crippen LogP contribution in [-0.2, 0) is 9.53 Å². The van der Waals surface area contributed by atoms with Crippen LogP contribution in [0.4, 0.5) is 0 Å². The highest BCUT2D eigenvalue weighted by atomic mass is 16.5. The summed E-state index contributed by atoms with van der Waals surface area (Å²) in [5.41, 5.74) is 0.552. The maximum atomic E-state index is 11.7. The van der Waals surface area contributed by atoms with E-state index in [0.717, 1.165) is 6.54 Å². The van der Waals surface area contributed by atoms with Crippen LogP contribution >= 0.6 is 0 Å². The first-order valence-electron chi connectivity index (χ1n) is 6.97. The van der Waals surface area contributed by atoms with E-state index >= 15 is 0 Å². The first-order valence-corrected chi connectivity index (χ1v) is 6.97. The van der Waals surface area contributed by atoms with Crippen LogP contribution in [0.15, 0.2) is 12.1 Å². The molecule has 0 bridgehead atoms. The minimum atomic E-state index is -0.956. The van der Waals surface area contributed by atoms with Gasteiger partial charge in [0.25, 0.3) is 0 Å². The Labute approximate surface area is 129 Å². The molecule has 2 rings (SSSR count). The summed E-state index contributed by atoms with van der Waals surface area (Å²) in [4.78, 5) is 11.7. The van der Waals surface area contributed by atoms with E-state index in [1.54, 1.807) is 12.1 Å². The summed E-state index contributed by atoms with van der Waals surface area (Å²) in [6.07, 6.45) is -0.450. The maximum Gasteiger partial charge on any atom is 0.313 e. The molecule has 7 nitrogen and oxygen atoms in total. The molecule has 0 aliphatic carbocycles. The number of benzene rings is 1. The van der Waals surface area contributed by atoms with Crippen molar-refractivity contribution >= 4 is 5.97 Å². The predicted molar refractivity (Wildman–Crippen MR) is 79.1 cm³/mol. The van der Waals surface area contributed by atoms with Gasteiger partial charge >= 0.3 is 5.97 Å². The van der Waals surface area contributed by atoms with Crippen molar-refractivity contribution < 1.29 is 28.8 Å². The van der Waals surface area contributed by atoms with E-state index in [2.05, 4.69) is 5.32 Å². The molecule has 1 aliphatic heterocycles. The van der Waals surface area contributed by atoms with Crippen LogP contribution in [0.3, 0.4) is 0 Å². The van der Waals surface area contributed by atoms with E-state index in [1.165, 1.54) is 21.3 Å². The molecule has 2 unspecified atom stereocenters. The number of carbonyl (C=O) groups is 1. The zero-order chi connectivity index (χ0) is 16.1. The lowest BCUT2D eigenvalue weighted by molar-refractivity contribution is -0.143. The first kappa shape index (κ1) is 16.4. The third-order valence-electron chi connectivity index (χ3n) is 3.64. The van der Waals surface area contributed by atoms with Crippen LogP contribution < -0.4 is 19.5 Å². The van der Waals surface area contributed by atoms with Crippen LogP contribution in [0.5, 0.6) is 17.2 Å². The third-order valence-corrected chi connectivity index (χ3v) is 3.64. The molecule has 2 atom stereocenters. The summed E-state index contributed by atoms with van der Waals surface area (Å²) in [5.74, 6) is -0.496. The minimum absolute atomic E-state index is 0.423. The average molecular weight is 311 g/mol. The Kier molecular flexibility index (Phi) is 5.46. The maximum absolute atomic E-state index is 11.7. The second-order valence-corrected chi connectivity index (χ2v) is 4.89. The molecular weight excluding hydrogens is 290 g/mol. The Bertz CT molecular complexity index is 502. The van der Waals surface area contributed by atoms with Gasteiger partial charge in [0.05, 0.1) is 34.0 Å². The Morgan fingerprint density at radius 1 is 1.27 bits per heavy atom. The zero-order valence-electron chi connectivity index (χ0n) is 12.9. The normalized spacial score (nSPS) is 19.3. The van der Waals surface area contributed by atoms with E-state index in [1.807, 2.05) is 0 Å². The molecule has 1 aliphatic rings. The SMILES string of the molecule is COc1cc(C(C(=O)O)C2CNCCO2)cc(OC)c1OC. The molecule has 122 valence electrons. The molecule has 0 saturated carbocycles. The van der Waals surface area contributed by atoms with Crippen molar-refractivity contribution in [3.8, 4) is 17.2 Å². The number of carboxylic acid groups (broad SMARTS) is 1. The molecule has 1 aromatic carbocycles. The average Bonchev–Trinajstić information content (AvgIpc) is 2.54. The molecule has 0 aromatic heterocycles. The van der Waals surface area contributed by atoms with E-state index < -0.39 is 18.0 Å². The fourth-order valence-corrected chi connectivity index (χ4v) is 2.60. The quantitative estimate of drug-likeness (QED) is 0.806. The summed E-state index contributed by atoms with van der Waals surface area (Å²) in [5, 5.41) is 12.8. The molecule has 2 N–H and O–H groups in total. The molecular formula is C15H21NO6. The lowest BCUT2D eigenvalue weighted by Crippen LogP contribution is -2.44. The van der Waals surface area contributed by atoms with Gasteiger partial charge in [-0.15, -0.1) is 0 Å². The highest BCUT2D eigenvalue weighted by molar-refractivity contribution is 5.78. The van der Waals surface area contributed by atoms with Crippen LogP contribution in [0, 0.1) is 0 Å². The highest BCUT2D eigenvalue weighted by Crippen LogP contribution is 2.41.